The minimum absolute atomic E-state index is 1.01. The van der Waals surface area contributed by atoms with Gasteiger partial charge >= 0.3 is 0 Å². The van der Waals surface area contributed by atoms with Crippen LogP contribution in [0.4, 0.5) is 0 Å². The van der Waals surface area contributed by atoms with Crippen molar-refractivity contribution in [3.05, 3.63) is 127 Å². The number of rotatable bonds is 1. The Labute approximate surface area is 238 Å². The van der Waals surface area contributed by atoms with Gasteiger partial charge in [-0.05, 0) is 54.6 Å². The molecule has 41 heavy (non-hydrogen) atoms. The lowest BCUT2D eigenvalue weighted by atomic mass is 10.0. The number of benzene rings is 6. The largest absolute Gasteiger partial charge is 0.309 e. The van der Waals surface area contributed by atoms with E-state index in [9.17, 15) is 0 Å². The molecule has 0 bridgehead atoms. The molecule has 0 saturated carbocycles. The molecular weight excluding hydrogens is 518 g/mol. The molecule has 10 aromatic rings. The molecule has 0 fully saturated rings. The number of hydrogen-bond donors (Lipinski definition) is 0. The van der Waals surface area contributed by atoms with Gasteiger partial charge < -0.3 is 4.57 Å². The van der Waals surface area contributed by atoms with E-state index in [4.69, 9.17) is 4.98 Å². The Hall–Kier alpha value is -5.19. The summed E-state index contributed by atoms with van der Waals surface area (Å²) in [6.45, 7) is 0. The van der Waals surface area contributed by atoms with Crippen LogP contribution >= 0.6 is 11.3 Å². The van der Waals surface area contributed by atoms with Gasteiger partial charge in [-0.25, -0.2) is 4.98 Å². The molecule has 4 aromatic heterocycles. The highest BCUT2D eigenvalue weighted by Crippen LogP contribution is 2.45. The summed E-state index contributed by atoms with van der Waals surface area (Å²) in [7, 11) is 0. The third-order valence-corrected chi connectivity index (χ3v) is 9.87. The van der Waals surface area contributed by atoms with E-state index in [1.54, 1.807) is 0 Å². The van der Waals surface area contributed by atoms with E-state index in [-0.39, 0.29) is 0 Å². The lowest BCUT2D eigenvalue weighted by Crippen LogP contribution is -1.95. The monoisotopic (exact) mass is 539 g/mol. The Morgan fingerprint density at radius 3 is 2.12 bits per heavy atom. The van der Waals surface area contributed by atoms with Crippen LogP contribution in [0.5, 0.6) is 0 Å². The van der Waals surface area contributed by atoms with Crippen LogP contribution in [0, 0.1) is 0 Å². The third kappa shape index (κ3) is 2.75. The van der Waals surface area contributed by atoms with E-state index in [0.717, 1.165) is 22.4 Å². The summed E-state index contributed by atoms with van der Waals surface area (Å²) in [6, 6.07) is 46.2. The maximum absolute atomic E-state index is 5.22. The maximum atomic E-state index is 5.22. The van der Waals surface area contributed by atoms with Crippen molar-refractivity contribution in [2.75, 3.05) is 0 Å². The van der Waals surface area contributed by atoms with Gasteiger partial charge in [0.05, 0.1) is 27.6 Å². The van der Waals surface area contributed by atoms with Gasteiger partial charge in [-0.2, -0.15) is 0 Å². The fourth-order valence-corrected chi connectivity index (χ4v) is 8.20. The Kier molecular flexibility index (Phi) is 4.07. The SMILES string of the molecule is c1ccc(-n2c3ccccc3c3cc4c5c(ccc6c7ccccc7sc65)c5nc6ccccc6n5c4cc32)cc1. The van der Waals surface area contributed by atoms with Crippen molar-refractivity contribution >= 4 is 91.7 Å². The fraction of sp³-hybridized carbons (Fsp3) is 0. The zero-order valence-corrected chi connectivity index (χ0v) is 22.7. The number of pyridine rings is 1. The average molecular weight is 540 g/mol. The van der Waals surface area contributed by atoms with E-state index >= 15 is 0 Å². The van der Waals surface area contributed by atoms with Gasteiger partial charge in [-0.3, -0.25) is 4.40 Å². The van der Waals surface area contributed by atoms with Crippen molar-refractivity contribution in [1.29, 1.82) is 0 Å². The van der Waals surface area contributed by atoms with Crippen molar-refractivity contribution in [3.63, 3.8) is 0 Å². The third-order valence-electron chi connectivity index (χ3n) is 8.66. The number of para-hydroxylation sites is 4. The van der Waals surface area contributed by atoms with E-state index in [2.05, 4.69) is 136 Å². The van der Waals surface area contributed by atoms with Gasteiger partial charge in [-0.15, -0.1) is 11.3 Å². The Morgan fingerprint density at radius 2 is 1.22 bits per heavy atom. The summed E-state index contributed by atoms with van der Waals surface area (Å²) in [5.41, 5.74) is 7.92. The highest BCUT2D eigenvalue weighted by molar-refractivity contribution is 7.26. The molecule has 3 nitrogen and oxygen atoms in total. The Bertz CT molecular complexity index is 2690. The average Bonchev–Trinajstić information content (AvgIpc) is 3.70. The van der Waals surface area contributed by atoms with Gasteiger partial charge in [-0.1, -0.05) is 72.8 Å². The van der Waals surface area contributed by atoms with Gasteiger partial charge in [0, 0.05) is 52.8 Å². The predicted octanol–water partition coefficient (Wildman–Crippen LogP) is 10.3. The minimum Gasteiger partial charge on any atom is -0.309 e. The van der Waals surface area contributed by atoms with Crippen LogP contribution < -0.4 is 0 Å². The molecule has 0 radical (unpaired) electrons. The van der Waals surface area contributed by atoms with Crippen molar-refractivity contribution in [1.82, 2.24) is 14.0 Å². The molecule has 0 saturated heterocycles. The smallest absolute Gasteiger partial charge is 0.146 e. The summed E-state index contributed by atoms with van der Waals surface area (Å²) >= 11 is 1.89. The van der Waals surface area contributed by atoms with Crippen molar-refractivity contribution < 1.29 is 0 Å². The Balaban J connectivity index is 1.52. The first-order chi connectivity index (χ1) is 20.3. The molecule has 190 valence electrons. The van der Waals surface area contributed by atoms with Crippen LogP contribution in [-0.2, 0) is 0 Å². The summed E-state index contributed by atoms with van der Waals surface area (Å²) in [5, 5.41) is 8.90. The maximum Gasteiger partial charge on any atom is 0.146 e. The number of nitrogens with zero attached hydrogens (tertiary/aromatic N) is 3. The molecule has 0 aliphatic carbocycles. The van der Waals surface area contributed by atoms with Crippen molar-refractivity contribution in [2.24, 2.45) is 0 Å². The quantitative estimate of drug-likeness (QED) is 0.190. The van der Waals surface area contributed by atoms with E-state index in [0.29, 0.717) is 0 Å². The van der Waals surface area contributed by atoms with Gasteiger partial charge in [0.2, 0.25) is 0 Å². The highest BCUT2D eigenvalue weighted by Gasteiger charge is 2.20. The fourth-order valence-electron chi connectivity index (χ4n) is 6.94. The van der Waals surface area contributed by atoms with Crippen LogP contribution in [0.25, 0.3) is 86.0 Å². The summed E-state index contributed by atoms with van der Waals surface area (Å²) < 4.78 is 7.42. The van der Waals surface area contributed by atoms with Crippen LogP contribution in [0.1, 0.15) is 0 Å². The number of aromatic nitrogens is 3. The van der Waals surface area contributed by atoms with Crippen LogP contribution in [0.2, 0.25) is 0 Å². The highest BCUT2D eigenvalue weighted by atomic mass is 32.1. The first-order valence-corrected chi connectivity index (χ1v) is 14.7. The zero-order chi connectivity index (χ0) is 26.7. The number of hydrogen-bond acceptors (Lipinski definition) is 2. The first-order valence-electron chi connectivity index (χ1n) is 13.9. The number of thiophene rings is 1. The van der Waals surface area contributed by atoms with Gasteiger partial charge in [0.25, 0.3) is 0 Å². The summed E-state index contributed by atoms with van der Waals surface area (Å²) in [4.78, 5) is 5.22. The lowest BCUT2D eigenvalue weighted by Gasteiger charge is -2.12. The minimum atomic E-state index is 1.01. The van der Waals surface area contributed by atoms with Crippen LogP contribution in [0.15, 0.2) is 127 Å². The lowest BCUT2D eigenvalue weighted by molar-refractivity contribution is 1.18. The molecule has 4 heterocycles. The predicted molar refractivity (Wildman–Crippen MR) is 175 cm³/mol. The van der Waals surface area contributed by atoms with Gasteiger partial charge in [0.1, 0.15) is 5.65 Å². The first kappa shape index (κ1) is 21.6. The molecule has 4 heteroatoms. The normalized spacial score (nSPS) is 12.4. The molecule has 0 unspecified atom stereocenters. The molecule has 0 N–H and O–H groups in total. The van der Waals surface area contributed by atoms with Crippen LogP contribution in [-0.4, -0.2) is 14.0 Å². The summed E-state index contributed by atoms with van der Waals surface area (Å²) in [6.07, 6.45) is 0. The second-order valence-electron chi connectivity index (χ2n) is 10.8. The topological polar surface area (TPSA) is 22.2 Å². The van der Waals surface area contributed by atoms with Gasteiger partial charge in [0.15, 0.2) is 0 Å². The second-order valence-corrected chi connectivity index (χ2v) is 11.8. The molecule has 0 amide bonds. The van der Waals surface area contributed by atoms with E-state index in [1.165, 1.54) is 63.7 Å². The molecule has 6 aromatic carbocycles. The molecule has 0 atom stereocenters. The van der Waals surface area contributed by atoms with E-state index < -0.39 is 0 Å². The van der Waals surface area contributed by atoms with Crippen molar-refractivity contribution in [2.45, 2.75) is 0 Å². The zero-order valence-electron chi connectivity index (χ0n) is 21.9. The number of fused-ring (bicyclic) bond motifs is 15. The molecule has 0 aliphatic rings. The standard InChI is InChI=1S/C37H21N3S/c1-2-10-22(11-3-1)39-30-15-7-4-12-23(30)27-20-28-33(21-32(27)39)40-31-16-8-6-14-29(31)38-37(40)26-19-18-25-24-13-5-9-17-34(24)41-36(25)35(26)28/h1-21H. The molecule has 0 spiro atoms. The number of imidazole rings is 1. The summed E-state index contributed by atoms with van der Waals surface area (Å²) in [5.74, 6) is 0. The second kappa shape index (κ2) is 7.72. The molecule has 10 rings (SSSR count). The Morgan fingerprint density at radius 1 is 0.488 bits per heavy atom. The van der Waals surface area contributed by atoms with E-state index in [1.807, 2.05) is 11.3 Å². The molecular formula is C37H21N3S. The van der Waals surface area contributed by atoms with Crippen molar-refractivity contribution in [3.8, 4) is 5.69 Å². The molecule has 0 aliphatic heterocycles. The van der Waals surface area contributed by atoms with Crippen LogP contribution in [0.3, 0.4) is 0 Å².